The highest BCUT2D eigenvalue weighted by molar-refractivity contribution is 5.80. The number of rotatable bonds is 6. The van der Waals surface area contributed by atoms with E-state index in [0.29, 0.717) is 18.8 Å². The van der Waals surface area contributed by atoms with Gasteiger partial charge < -0.3 is 4.74 Å². The molecule has 0 unspecified atom stereocenters. The number of hydrogen-bond donors (Lipinski definition) is 0. The maximum Gasteiger partial charge on any atom is 0.137 e. The van der Waals surface area contributed by atoms with Crippen molar-refractivity contribution in [3.63, 3.8) is 0 Å². The third kappa shape index (κ3) is 6.05. The average molecular weight is 158 g/mol. The normalized spacial score (nSPS) is 10.5. The summed E-state index contributed by atoms with van der Waals surface area (Å²) in [5, 5.41) is 0. The van der Waals surface area contributed by atoms with Crippen molar-refractivity contribution >= 4 is 5.78 Å². The highest BCUT2D eigenvalue weighted by Gasteiger charge is 2.05. The van der Waals surface area contributed by atoms with E-state index in [9.17, 15) is 4.79 Å². The number of hydrogen-bond acceptors (Lipinski definition) is 2. The minimum atomic E-state index is 0.153. The Bertz CT molecular complexity index is 108. The van der Waals surface area contributed by atoms with Gasteiger partial charge in [-0.1, -0.05) is 20.8 Å². The molecule has 0 fully saturated rings. The van der Waals surface area contributed by atoms with Crippen molar-refractivity contribution in [2.75, 3.05) is 13.2 Å². The minimum Gasteiger partial charge on any atom is -0.381 e. The molecular weight excluding hydrogens is 140 g/mol. The highest BCUT2D eigenvalue weighted by atomic mass is 16.5. The zero-order chi connectivity index (χ0) is 8.69. The molecule has 0 aliphatic heterocycles. The summed E-state index contributed by atoms with van der Waals surface area (Å²) in [5.74, 6) is 0.446. The molecule has 0 aromatic rings. The van der Waals surface area contributed by atoms with Crippen LogP contribution >= 0.6 is 0 Å². The van der Waals surface area contributed by atoms with Gasteiger partial charge in [-0.2, -0.15) is 0 Å². The molecule has 0 aliphatic rings. The van der Waals surface area contributed by atoms with Crippen LogP contribution in [0.25, 0.3) is 0 Å². The second-order valence-electron chi connectivity index (χ2n) is 2.98. The fraction of sp³-hybridized carbons (Fsp3) is 0.889. The summed E-state index contributed by atoms with van der Waals surface area (Å²) in [7, 11) is 0. The largest absolute Gasteiger partial charge is 0.381 e. The summed E-state index contributed by atoms with van der Waals surface area (Å²) in [4.78, 5) is 11.0. The molecule has 0 aromatic carbocycles. The molecule has 0 N–H and O–H groups in total. The lowest BCUT2D eigenvalue weighted by Gasteiger charge is -2.03. The van der Waals surface area contributed by atoms with Crippen molar-refractivity contribution in [3.8, 4) is 0 Å². The van der Waals surface area contributed by atoms with Gasteiger partial charge >= 0.3 is 0 Å². The maximum absolute atomic E-state index is 11.0. The van der Waals surface area contributed by atoms with Crippen LogP contribution in [-0.4, -0.2) is 19.0 Å². The summed E-state index contributed by atoms with van der Waals surface area (Å²) < 4.78 is 5.18. The van der Waals surface area contributed by atoms with Gasteiger partial charge in [-0.25, -0.2) is 0 Å². The maximum atomic E-state index is 11.0. The van der Waals surface area contributed by atoms with E-state index in [4.69, 9.17) is 4.74 Å². The molecule has 0 rings (SSSR count). The van der Waals surface area contributed by atoms with E-state index >= 15 is 0 Å². The van der Waals surface area contributed by atoms with Crippen molar-refractivity contribution in [1.82, 2.24) is 0 Å². The van der Waals surface area contributed by atoms with Gasteiger partial charge in [0.1, 0.15) is 5.78 Å². The molecule has 0 atom stereocenters. The molecular formula is C9H18O2. The molecule has 0 amide bonds. The molecule has 0 aromatic heterocycles. The molecule has 2 nitrogen and oxygen atoms in total. The van der Waals surface area contributed by atoms with Gasteiger partial charge in [0.05, 0.1) is 6.61 Å². The molecule has 0 radical (unpaired) electrons. The van der Waals surface area contributed by atoms with E-state index in [1.165, 1.54) is 0 Å². The van der Waals surface area contributed by atoms with E-state index < -0.39 is 0 Å². The SMILES string of the molecule is CCCOCCC(=O)C(C)C. The third-order valence-corrected chi connectivity index (χ3v) is 1.49. The predicted octanol–water partition coefficient (Wildman–Crippen LogP) is 2.03. The van der Waals surface area contributed by atoms with Gasteiger partial charge in [0.25, 0.3) is 0 Å². The molecule has 11 heavy (non-hydrogen) atoms. The molecule has 0 spiro atoms. The van der Waals surface area contributed by atoms with Crippen molar-refractivity contribution < 1.29 is 9.53 Å². The van der Waals surface area contributed by atoms with E-state index in [2.05, 4.69) is 6.92 Å². The minimum absolute atomic E-state index is 0.153. The van der Waals surface area contributed by atoms with E-state index in [1.54, 1.807) is 0 Å². The topological polar surface area (TPSA) is 26.3 Å². The zero-order valence-corrected chi connectivity index (χ0v) is 7.72. The second kappa shape index (κ2) is 6.35. The van der Waals surface area contributed by atoms with Crippen LogP contribution in [0.4, 0.5) is 0 Å². The zero-order valence-electron chi connectivity index (χ0n) is 7.72. The Morgan fingerprint density at radius 3 is 2.45 bits per heavy atom. The lowest BCUT2D eigenvalue weighted by atomic mass is 10.1. The Morgan fingerprint density at radius 2 is 2.00 bits per heavy atom. The molecule has 0 aliphatic carbocycles. The molecule has 0 saturated carbocycles. The van der Waals surface area contributed by atoms with Crippen molar-refractivity contribution in [3.05, 3.63) is 0 Å². The smallest absolute Gasteiger partial charge is 0.137 e. The van der Waals surface area contributed by atoms with Crippen LogP contribution in [-0.2, 0) is 9.53 Å². The Morgan fingerprint density at radius 1 is 1.36 bits per heavy atom. The predicted molar refractivity (Wildman–Crippen MR) is 45.6 cm³/mol. The lowest BCUT2D eigenvalue weighted by molar-refractivity contribution is -0.122. The molecule has 2 heteroatoms. The van der Waals surface area contributed by atoms with Crippen molar-refractivity contribution in [2.24, 2.45) is 5.92 Å². The average Bonchev–Trinajstić information content (AvgIpc) is 1.97. The molecule has 0 saturated heterocycles. The molecule has 0 bridgehead atoms. The highest BCUT2D eigenvalue weighted by Crippen LogP contribution is 1.98. The van der Waals surface area contributed by atoms with Gasteiger partial charge in [-0.05, 0) is 6.42 Å². The van der Waals surface area contributed by atoms with Crippen LogP contribution in [0.1, 0.15) is 33.6 Å². The summed E-state index contributed by atoms with van der Waals surface area (Å²) in [6, 6.07) is 0. The Hall–Kier alpha value is -0.370. The van der Waals surface area contributed by atoms with Crippen LogP contribution in [0, 0.1) is 5.92 Å². The Labute approximate surface area is 68.9 Å². The number of carbonyl (C=O) groups excluding carboxylic acids is 1. The molecule has 66 valence electrons. The fourth-order valence-electron chi connectivity index (χ4n) is 0.708. The Kier molecular flexibility index (Phi) is 6.13. The van der Waals surface area contributed by atoms with Gasteiger partial charge in [0.15, 0.2) is 0 Å². The summed E-state index contributed by atoms with van der Waals surface area (Å²) in [6.45, 7) is 7.25. The fourth-order valence-corrected chi connectivity index (χ4v) is 0.708. The van der Waals surface area contributed by atoms with Gasteiger partial charge in [0, 0.05) is 18.9 Å². The van der Waals surface area contributed by atoms with E-state index in [1.807, 2.05) is 13.8 Å². The third-order valence-electron chi connectivity index (χ3n) is 1.49. The summed E-state index contributed by atoms with van der Waals surface area (Å²) in [6.07, 6.45) is 1.59. The first-order chi connectivity index (χ1) is 5.18. The first kappa shape index (κ1) is 10.6. The summed E-state index contributed by atoms with van der Waals surface area (Å²) >= 11 is 0. The van der Waals surface area contributed by atoms with Crippen LogP contribution in [0.2, 0.25) is 0 Å². The number of ether oxygens (including phenoxy) is 1. The van der Waals surface area contributed by atoms with E-state index in [0.717, 1.165) is 13.0 Å². The second-order valence-corrected chi connectivity index (χ2v) is 2.98. The monoisotopic (exact) mass is 158 g/mol. The number of carbonyl (C=O) groups is 1. The van der Waals surface area contributed by atoms with Gasteiger partial charge in [-0.3, -0.25) is 4.79 Å². The van der Waals surface area contributed by atoms with Crippen molar-refractivity contribution in [2.45, 2.75) is 33.6 Å². The van der Waals surface area contributed by atoms with Gasteiger partial charge in [0.2, 0.25) is 0 Å². The number of Topliss-reactive ketones (excluding diaryl/α,β-unsaturated/α-hetero) is 1. The van der Waals surface area contributed by atoms with Crippen LogP contribution in [0.3, 0.4) is 0 Å². The lowest BCUT2D eigenvalue weighted by Crippen LogP contribution is -2.10. The Balaban J connectivity index is 3.18. The van der Waals surface area contributed by atoms with Crippen LogP contribution < -0.4 is 0 Å². The van der Waals surface area contributed by atoms with Crippen molar-refractivity contribution in [1.29, 1.82) is 0 Å². The van der Waals surface area contributed by atoms with E-state index in [-0.39, 0.29) is 5.92 Å². The summed E-state index contributed by atoms with van der Waals surface area (Å²) in [5.41, 5.74) is 0. The van der Waals surface area contributed by atoms with Gasteiger partial charge in [-0.15, -0.1) is 0 Å². The number of ketones is 1. The first-order valence-electron chi connectivity index (χ1n) is 4.29. The molecule has 0 heterocycles. The first-order valence-corrected chi connectivity index (χ1v) is 4.29. The van der Waals surface area contributed by atoms with Crippen LogP contribution in [0.5, 0.6) is 0 Å². The van der Waals surface area contributed by atoms with Crippen LogP contribution in [0.15, 0.2) is 0 Å². The quantitative estimate of drug-likeness (QED) is 0.553. The standard InChI is InChI=1S/C9H18O2/c1-4-6-11-7-5-9(10)8(2)3/h8H,4-7H2,1-3H3.